The summed E-state index contributed by atoms with van der Waals surface area (Å²) in [5, 5.41) is 5.37. The van der Waals surface area contributed by atoms with Gasteiger partial charge in [-0.05, 0) is 11.1 Å². The molecule has 6 rings (SSSR count). The SMILES string of the molecule is C[Si](C)=[Hf]([Cl])[Cl].Cc1cc2c(-c3ccccc3)cccc2[cH-]1.Cc1cc2c(-c3ccccc3)cccc2[cH-]1. The van der Waals surface area contributed by atoms with Gasteiger partial charge in [0.05, 0.1) is 0 Å². The van der Waals surface area contributed by atoms with E-state index in [-0.39, 0.29) is 5.49 Å². The maximum Gasteiger partial charge on any atom is -0.0279 e. The largest absolute Gasteiger partial charge is 0.165 e. The van der Waals surface area contributed by atoms with E-state index in [2.05, 4.69) is 148 Å². The van der Waals surface area contributed by atoms with Gasteiger partial charge in [0, 0.05) is 0 Å². The average Bonchev–Trinajstić information content (AvgIpc) is 3.50. The Morgan fingerprint density at radius 1 is 0.553 bits per heavy atom. The molecule has 0 aliphatic carbocycles. The molecule has 0 aliphatic heterocycles. The van der Waals surface area contributed by atoms with E-state index < -0.39 is 17.7 Å². The molecule has 0 aromatic heterocycles. The molecule has 0 N–H and O–H groups in total. The fourth-order valence-corrected chi connectivity index (χ4v) is 4.51. The molecule has 192 valence electrons. The van der Waals surface area contributed by atoms with Crippen LogP contribution in [0.15, 0.2) is 121 Å². The first-order valence-electron chi connectivity index (χ1n) is 12.7. The zero-order chi connectivity index (χ0) is 27.1. The predicted octanol–water partition coefficient (Wildman–Crippen LogP) is 11.2. The molecular weight excluding hydrogens is 686 g/mol. The van der Waals surface area contributed by atoms with E-state index in [1.54, 1.807) is 0 Å². The second-order valence-electron chi connectivity index (χ2n) is 9.67. The standard InChI is InChI=1S/2C16H13.C2H6Si.2ClH.Hf/c2*1-12-10-14-8-5-9-15(16(14)11-12)13-6-3-2-4-7-13;1-3-2;;;/h2*2-11H,1H3;1-2H3;2*1H;/q2*-1;;;;+2/p-2. The Hall–Kier alpha value is -2.23. The molecule has 0 bridgehead atoms. The van der Waals surface area contributed by atoms with Gasteiger partial charge >= 0.3 is 53.4 Å². The van der Waals surface area contributed by atoms with Crippen molar-refractivity contribution in [3.05, 3.63) is 132 Å². The topological polar surface area (TPSA) is 0 Å². The third-order valence-corrected chi connectivity index (χ3v) is 33.8. The van der Waals surface area contributed by atoms with E-state index in [1.165, 1.54) is 54.9 Å². The molecule has 0 radical (unpaired) electrons. The van der Waals surface area contributed by atoms with Crippen LogP contribution in [0.1, 0.15) is 11.1 Å². The van der Waals surface area contributed by atoms with Crippen LogP contribution in [0.25, 0.3) is 43.8 Å². The third-order valence-electron chi connectivity index (χ3n) is 6.34. The number of halogens is 2. The number of benzene rings is 4. The summed E-state index contributed by atoms with van der Waals surface area (Å²) >= 11 is -1.78. The summed E-state index contributed by atoms with van der Waals surface area (Å²) in [5.41, 5.74) is 7.69. The Kier molecular flexibility index (Phi) is 10.4. The van der Waals surface area contributed by atoms with E-state index in [4.69, 9.17) is 17.2 Å². The van der Waals surface area contributed by atoms with Crippen LogP contribution in [0, 0.1) is 13.8 Å². The normalized spacial score (nSPS) is 10.4. The molecular formula is C34H32Cl2HfSi-2. The second kappa shape index (κ2) is 13.7. The fourth-order valence-electron chi connectivity index (χ4n) is 4.51. The summed E-state index contributed by atoms with van der Waals surface area (Å²) in [6.45, 7) is 8.64. The van der Waals surface area contributed by atoms with Gasteiger partial charge < -0.3 is 0 Å². The number of hydrogen-bond acceptors (Lipinski definition) is 0. The van der Waals surface area contributed by atoms with Gasteiger partial charge in [-0.2, -0.15) is 12.1 Å². The summed E-state index contributed by atoms with van der Waals surface area (Å²) in [4.78, 5) is 0. The summed E-state index contributed by atoms with van der Waals surface area (Å²) in [5.74, 6) is 0. The number of aryl methyl sites for hydroxylation is 2. The molecule has 0 saturated carbocycles. The Labute approximate surface area is 241 Å². The van der Waals surface area contributed by atoms with Crippen LogP contribution < -0.4 is 0 Å². The zero-order valence-corrected chi connectivity index (χ0v) is 28.4. The maximum absolute atomic E-state index is 5.64. The molecule has 0 amide bonds. The monoisotopic (exact) mass is 718 g/mol. The van der Waals surface area contributed by atoms with Crippen LogP contribution >= 0.6 is 17.2 Å². The van der Waals surface area contributed by atoms with E-state index in [9.17, 15) is 0 Å². The van der Waals surface area contributed by atoms with Crippen LogP contribution in [-0.4, -0.2) is 5.49 Å². The van der Waals surface area contributed by atoms with Crippen molar-refractivity contribution in [2.75, 3.05) is 0 Å². The van der Waals surface area contributed by atoms with E-state index in [1.807, 2.05) is 0 Å². The summed E-state index contributed by atoms with van der Waals surface area (Å²) in [6.07, 6.45) is 0. The van der Waals surface area contributed by atoms with Gasteiger partial charge in [-0.15, -0.1) is 69.1 Å². The van der Waals surface area contributed by atoms with Gasteiger partial charge in [0.25, 0.3) is 0 Å². The minimum Gasteiger partial charge on any atom is -0.165 e. The first-order chi connectivity index (χ1) is 18.3. The van der Waals surface area contributed by atoms with Crippen molar-refractivity contribution in [3.8, 4) is 22.3 Å². The average molecular weight is 718 g/mol. The maximum atomic E-state index is 5.64. The molecule has 0 unspecified atom stereocenters. The number of fused-ring (bicyclic) bond motifs is 2. The van der Waals surface area contributed by atoms with E-state index >= 15 is 0 Å². The van der Waals surface area contributed by atoms with Gasteiger partial charge in [0.1, 0.15) is 0 Å². The predicted molar refractivity (Wildman–Crippen MR) is 169 cm³/mol. The Bertz CT molecular complexity index is 1530. The van der Waals surface area contributed by atoms with E-state index in [0.717, 1.165) is 0 Å². The molecule has 0 spiro atoms. The first-order valence-corrected chi connectivity index (χ1v) is 29.5. The van der Waals surface area contributed by atoms with Gasteiger partial charge in [-0.3, -0.25) is 0 Å². The molecule has 0 aliphatic rings. The molecule has 4 heteroatoms. The molecule has 0 nitrogen and oxygen atoms in total. The van der Waals surface area contributed by atoms with Crippen LogP contribution in [-0.2, 0) is 17.7 Å². The Balaban J connectivity index is 0.000000147. The minimum absolute atomic E-state index is 0.208. The molecule has 6 aromatic rings. The van der Waals surface area contributed by atoms with Gasteiger partial charge in [0.2, 0.25) is 0 Å². The molecule has 0 atom stereocenters. The first kappa shape index (κ1) is 28.8. The van der Waals surface area contributed by atoms with Gasteiger partial charge in [-0.1, -0.05) is 97.8 Å². The molecule has 6 aromatic carbocycles. The fraction of sp³-hybridized carbons (Fsp3) is 0.118. The molecule has 38 heavy (non-hydrogen) atoms. The van der Waals surface area contributed by atoms with Crippen molar-refractivity contribution in [1.82, 2.24) is 0 Å². The summed E-state index contributed by atoms with van der Waals surface area (Å²) < 4.78 is 0. The van der Waals surface area contributed by atoms with Crippen molar-refractivity contribution in [3.63, 3.8) is 0 Å². The smallest absolute Gasteiger partial charge is 0.0279 e. The minimum atomic E-state index is -1.78. The van der Waals surface area contributed by atoms with Crippen molar-refractivity contribution in [1.29, 1.82) is 0 Å². The number of hydrogen-bond donors (Lipinski definition) is 0. The summed E-state index contributed by atoms with van der Waals surface area (Å²) in [7, 11) is 11.3. The van der Waals surface area contributed by atoms with Crippen LogP contribution in [0.4, 0.5) is 0 Å². The van der Waals surface area contributed by atoms with Crippen molar-refractivity contribution in [2.24, 2.45) is 0 Å². The van der Waals surface area contributed by atoms with Gasteiger partial charge in [-0.25, -0.2) is 0 Å². The van der Waals surface area contributed by atoms with Crippen molar-refractivity contribution >= 4 is 44.2 Å². The molecule has 0 heterocycles. The Morgan fingerprint density at radius 2 is 0.921 bits per heavy atom. The molecule has 0 fully saturated rings. The number of rotatable bonds is 2. The quantitative estimate of drug-likeness (QED) is 0.124. The molecule has 0 saturated heterocycles. The Morgan fingerprint density at radius 3 is 1.26 bits per heavy atom. The van der Waals surface area contributed by atoms with E-state index in [0.29, 0.717) is 0 Å². The van der Waals surface area contributed by atoms with Gasteiger partial charge in [0.15, 0.2) is 0 Å². The van der Waals surface area contributed by atoms with Crippen LogP contribution in [0.2, 0.25) is 13.1 Å². The van der Waals surface area contributed by atoms with Crippen LogP contribution in [0.5, 0.6) is 0 Å². The second-order valence-corrected chi connectivity index (χ2v) is 41.4. The third kappa shape index (κ3) is 7.45. The zero-order valence-electron chi connectivity index (χ0n) is 22.3. The summed E-state index contributed by atoms with van der Waals surface area (Å²) in [6, 6.07) is 43.1. The van der Waals surface area contributed by atoms with Crippen LogP contribution in [0.3, 0.4) is 0 Å². The van der Waals surface area contributed by atoms with Crippen molar-refractivity contribution in [2.45, 2.75) is 26.9 Å². The van der Waals surface area contributed by atoms with Crippen molar-refractivity contribution < 1.29 is 17.7 Å².